The number of aromatic amines is 2. The number of amides is 1. The van der Waals surface area contributed by atoms with Crippen molar-refractivity contribution in [2.45, 2.75) is 13.3 Å². The number of rotatable bonds is 9. The average molecular weight is 583 g/mol. The van der Waals surface area contributed by atoms with Gasteiger partial charge in [0, 0.05) is 48.7 Å². The molecule has 0 fully saturated rings. The summed E-state index contributed by atoms with van der Waals surface area (Å²) in [6.07, 6.45) is 6.32. The quantitative estimate of drug-likeness (QED) is 0.182. The van der Waals surface area contributed by atoms with Crippen LogP contribution in [0.4, 0.5) is 20.2 Å². The molecule has 11 nitrogen and oxygen atoms in total. The zero-order valence-corrected chi connectivity index (χ0v) is 23.7. The molecule has 5 heterocycles. The third-order valence-electron chi connectivity index (χ3n) is 6.87. The highest BCUT2D eigenvalue weighted by Crippen LogP contribution is 2.35. The van der Waals surface area contributed by atoms with Crippen LogP contribution in [0.3, 0.4) is 0 Å². The number of halogens is 2. The maximum absolute atomic E-state index is 16.1. The lowest BCUT2D eigenvalue weighted by Gasteiger charge is -2.13. The zero-order valence-electron chi connectivity index (χ0n) is 23.7. The molecule has 1 amide bonds. The maximum atomic E-state index is 16.1. The summed E-state index contributed by atoms with van der Waals surface area (Å²) >= 11 is 0. The SMILES string of the molecule is CCC(=O)Nc1cncc(-c2ncc3[nH]nc(-c4nc5nccc(-c6cc(F)cc(NCCN(C)C)c6)c5[nH]4)c3c2F)c1. The monoisotopic (exact) mass is 582 g/mol. The van der Waals surface area contributed by atoms with E-state index in [9.17, 15) is 9.18 Å². The molecule has 43 heavy (non-hydrogen) atoms. The molecule has 0 aliphatic heterocycles. The zero-order chi connectivity index (χ0) is 30.1. The molecule has 0 radical (unpaired) electrons. The summed E-state index contributed by atoms with van der Waals surface area (Å²) in [5.74, 6) is -0.926. The highest BCUT2D eigenvalue weighted by Gasteiger charge is 2.22. The van der Waals surface area contributed by atoms with Gasteiger partial charge in [-0.05, 0) is 50.0 Å². The largest absolute Gasteiger partial charge is 0.384 e. The molecule has 5 aromatic heterocycles. The number of nitrogens with zero attached hydrogens (tertiary/aromatic N) is 6. The van der Waals surface area contributed by atoms with E-state index < -0.39 is 5.82 Å². The van der Waals surface area contributed by atoms with E-state index in [0.717, 1.165) is 6.54 Å². The fraction of sp³-hybridized carbons (Fsp3) is 0.200. The van der Waals surface area contributed by atoms with Crippen LogP contribution in [0, 0.1) is 11.6 Å². The molecule has 1 aromatic carbocycles. The summed E-state index contributed by atoms with van der Waals surface area (Å²) < 4.78 is 30.7. The lowest BCUT2D eigenvalue weighted by Crippen LogP contribution is -2.20. The van der Waals surface area contributed by atoms with Crippen LogP contribution in [0.25, 0.3) is 56.0 Å². The molecular formula is C30H28F2N10O. The number of imidazole rings is 1. The maximum Gasteiger partial charge on any atom is 0.224 e. The van der Waals surface area contributed by atoms with Crippen LogP contribution in [0.15, 0.2) is 55.1 Å². The first kappa shape index (κ1) is 27.8. The van der Waals surface area contributed by atoms with Crippen molar-refractivity contribution in [3.63, 3.8) is 0 Å². The minimum atomic E-state index is -0.630. The van der Waals surface area contributed by atoms with E-state index in [2.05, 4.69) is 45.8 Å². The first-order chi connectivity index (χ1) is 20.8. The van der Waals surface area contributed by atoms with Gasteiger partial charge in [-0.2, -0.15) is 5.10 Å². The van der Waals surface area contributed by atoms with E-state index in [4.69, 9.17) is 0 Å². The second kappa shape index (κ2) is 11.5. The van der Waals surface area contributed by atoms with Crippen molar-refractivity contribution >= 4 is 39.3 Å². The van der Waals surface area contributed by atoms with Crippen molar-refractivity contribution in [1.82, 2.24) is 40.0 Å². The molecule has 4 N–H and O–H groups in total. The van der Waals surface area contributed by atoms with E-state index in [1.807, 2.05) is 25.1 Å². The average Bonchev–Trinajstić information content (AvgIpc) is 3.62. The Balaban J connectivity index is 1.40. The third-order valence-corrected chi connectivity index (χ3v) is 6.87. The molecule has 13 heteroatoms. The van der Waals surface area contributed by atoms with E-state index in [-0.39, 0.29) is 34.3 Å². The van der Waals surface area contributed by atoms with E-state index >= 15 is 4.39 Å². The van der Waals surface area contributed by atoms with Gasteiger partial charge in [0.1, 0.15) is 17.2 Å². The van der Waals surface area contributed by atoms with Crippen molar-refractivity contribution in [3.8, 4) is 33.9 Å². The number of carbonyl (C=O) groups excluding carboxylic acids is 1. The Bertz CT molecular complexity index is 1970. The van der Waals surface area contributed by atoms with Crippen molar-refractivity contribution in [3.05, 3.63) is 66.8 Å². The number of pyridine rings is 3. The summed E-state index contributed by atoms with van der Waals surface area (Å²) in [4.78, 5) is 34.5. The number of benzene rings is 1. The third kappa shape index (κ3) is 5.62. The minimum Gasteiger partial charge on any atom is -0.384 e. The summed E-state index contributed by atoms with van der Waals surface area (Å²) in [5, 5.41) is 13.3. The number of hydrogen-bond donors (Lipinski definition) is 4. The molecule has 0 saturated heterocycles. The molecule has 0 atom stereocenters. The summed E-state index contributed by atoms with van der Waals surface area (Å²) in [7, 11) is 3.94. The number of aromatic nitrogens is 7. The molecule has 0 spiro atoms. The topological polar surface area (TPSA) is 140 Å². The van der Waals surface area contributed by atoms with Crippen molar-refractivity contribution in [1.29, 1.82) is 0 Å². The minimum absolute atomic E-state index is 0.0410. The predicted molar refractivity (Wildman–Crippen MR) is 161 cm³/mol. The summed E-state index contributed by atoms with van der Waals surface area (Å²) in [5.41, 5.74) is 4.33. The van der Waals surface area contributed by atoms with Crippen LogP contribution < -0.4 is 10.6 Å². The highest BCUT2D eigenvalue weighted by atomic mass is 19.1. The summed E-state index contributed by atoms with van der Waals surface area (Å²) in [6, 6.07) is 8.13. The van der Waals surface area contributed by atoms with Crippen LogP contribution >= 0.6 is 0 Å². The van der Waals surface area contributed by atoms with Gasteiger partial charge in [0.25, 0.3) is 0 Å². The Morgan fingerprint density at radius 3 is 2.65 bits per heavy atom. The number of anilines is 2. The molecule has 6 aromatic rings. The van der Waals surface area contributed by atoms with Crippen LogP contribution in [-0.2, 0) is 4.79 Å². The smallest absolute Gasteiger partial charge is 0.224 e. The highest BCUT2D eigenvalue weighted by molar-refractivity contribution is 5.97. The first-order valence-corrected chi connectivity index (χ1v) is 13.6. The van der Waals surface area contributed by atoms with Gasteiger partial charge in [0.05, 0.1) is 34.5 Å². The number of carbonyl (C=O) groups is 1. The fourth-order valence-electron chi connectivity index (χ4n) is 4.77. The van der Waals surface area contributed by atoms with Crippen LogP contribution in [-0.4, -0.2) is 73.1 Å². The van der Waals surface area contributed by atoms with Gasteiger partial charge in [-0.15, -0.1) is 0 Å². The Morgan fingerprint density at radius 1 is 1.00 bits per heavy atom. The van der Waals surface area contributed by atoms with Gasteiger partial charge < -0.3 is 20.5 Å². The fourth-order valence-corrected chi connectivity index (χ4v) is 4.77. The number of likely N-dealkylation sites (N-methyl/N-ethyl adjacent to an activating group) is 1. The van der Waals surface area contributed by atoms with Crippen LogP contribution in [0.1, 0.15) is 13.3 Å². The molecular weight excluding hydrogens is 554 g/mol. The molecule has 0 aliphatic rings. The van der Waals surface area contributed by atoms with Gasteiger partial charge in [-0.3, -0.25) is 19.9 Å². The Kier molecular flexibility index (Phi) is 7.47. The van der Waals surface area contributed by atoms with Gasteiger partial charge in [0.15, 0.2) is 17.3 Å². The lowest BCUT2D eigenvalue weighted by molar-refractivity contribution is -0.115. The predicted octanol–water partition coefficient (Wildman–Crippen LogP) is 5.23. The Labute approximate surface area is 244 Å². The molecule has 0 unspecified atom stereocenters. The van der Waals surface area contributed by atoms with E-state index in [1.54, 1.807) is 25.3 Å². The van der Waals surface area contributed by atoms with Crippen LogP contribution in [0.2, 0.25) is 0 Å². The van der Waals surface area contributed by atoms with Crippen molar-refractivity contribution in [2.75, 3.05) is 37.8 Å². The number of hydrogen-bond acceptors (Lipinski definition) is 8. The van der Waals surface area contributed by atoms with Crippen molar-refractivity contribution in [2.24, 2.45) is 0 Å². The van der Waals surface area contributed by atoms with Gasteiger partial charge in [-0.25, -0.2) is 18.7 Å². The number of fused-ring (bicyclic) bond motifs is 2. The molecule has 0 aliphatic carbocycles. The van der Waals surface area contributed by atoms with Gasteiger partial charge >= 0.3 is 0 Å². The number of nitrogens with one attached hydrogen (secondary N) is 4. The van der Waals surface area contributed by atoms with Gasteiger partial charge in [-0.1, -0.05) is 6.92 Å². The molecule has 0 bridgehead atoms. The first-order valence-electron chi connectivity index (χ1n) is 13.6. The Morgan fingerprint density at radius 2 is 1.84 bits per heavy atom. The second-order valence-electron chi connectivity index (χ2n) is 10.2. The standard InChI is InChI=1S/C30H28F2N10O/c1-4-23(43)37-20-11-17(13-33-14-20)26-25(32)24-22(15-36-26)40-41-28(24)30-38-27-21(5-6-35-29(27)39-30)16-9-18(31)12-19(10-16)34-7-8-42(2)3/h5-6,9-15,34H,4,7-8H2,1-3H3,(H,37,43)(H,40,41)(H,35,38,39). The van der Waals surface area contributed by atoms with E-state index in [0.29, 0.717) is 57.7 Å². The Hall–Kier alpha value is -5.30. The van der Waals surface area contributed by atoms with E-state index in [1.165, 1.54) is 30.7 Å². The summed E-state index contributed by atoms with van der Waals surface area (Å²) in [6.45, 7) is 3.18. The lowest BCUT2D eigenvalue weighted by atomic mass is 10.0. The molecule has 0 saturated carbocycles. The van der Waals surface area contributed by atoms with Crippen molar-refractivity contribution < 1.29 is 13.6 Å². The second-order valence-corrected chi connectivity index (χ2v) is 10.2. The molecule has 218 valence electrons. The molecule has 6 rings (SSSR count). The number of H-pyrrole nitrogens is 2. The normalized spacial score (nSPS) is 11.5. The van der Waals surface area contributed by atoms with Gasteiger partial charge in [0.2, 0.25) is 5.91 Å². The van der Waals surface area contributed by atoms with Crippen LogP contribution in [0.5, 0.6) is 0 Å².